The molecular weight excluding hydrogens is 494 g/mol. The van der Waals surface area contributed by atoms with Crippen molar-refractivity contribution in [1.29, 1.82) is 0 Å². The predicted molar refractivity (Wildman–Crippen MR) is 160 cm³/mol. The topological polar surface area (TPSA) is 27.7 Å². The fourth-order valence-electron chi connectivity index (χ4n) is 4.36. The van der Waals surface area contributed by atoms with Crippen LogP contribution in [0.4, 0.5) is 0 Å². The van der Waals surface area contributed by atoms with Gasteiger partial charge in [0.05, 0.1) is 20.4 Å². The lowest BCUT2D eigenvalue weighted by Gasteiger charge is -2.29. The standard InChI is InChI=1S/C26H29O3P.C6H7P/c1-3-23-25(27-20-14-8-5-9-15-20)26(24(4-2)28-23)29-30(21-16-10-6-11-17-21)22-18-12-7-13-19-22;7-6-4-2-1-3-5-6/h5-19,23-26H,3-4H2,1-2H3;1-5H,7H2/t23-,24-,25-,26-;/m1./s1. The minimum atomic E-state index is -0.980. The summed E-state index contributed by atoms with van der Waals surface area (Å²) in [6.45, 7) is 4.31. The average Bonchev–Trinajstić information content (AvgIpc) is 3.30. The van der Waals surface area contributed by atoms with Crippen LogP contribution in [0, 0.1) is 0 Å². The van der Waals surface area contributed by atoms with Crippen LogP contribution >= 0.6 is 17.4 Å². The molecule has 0 amide bonds. The van der Waals surface area contributed by atoms with Crippen LogP contribution < -0.4 is 20.7 Å². The lowest BCUT2D eigenvalue weighted by Crippen LogP contribution is -2.40. The summed E-state index contributed by atoms with van der Waals surface area (Å²) in [4.78, 5) is 0. The second-order valence-electron chi connectivity index (χ2n) is 8.87. The molecule has 37 heavy (non-hydrogen) atoms. The van der Waals surface area contributed by atoms with Gasteiger partial charge in [0.15, 0.2) is 6.10 Å². The van der Waals surface area contributed by atoms with E-state index in [2.05, 4.69) is 71.6 Å². The molecule has 4 aromatic rings. The number of rotatable bonds is 8. The first kappa shape index (κ1) is 27.5. The van der Waals surface area contributed by atoms with Gasteiger partial charge in [-0.3, -0.25) is 0 Å². The van der Waals surface area contributed by atoms with Crippen molar-refractivity contribution in [3.8, 4) is 5.75 Å². The maximum absolute atomic E-state index is 6.92. The van der Waals surface area contributed by atoms with Crippen molar-refractivity contribution >= 4 is 33.3 Å². The monoisotopic (exact) mass is 530 g/mol. The molecule has 192 valence electrons. The zero-order valence-electron chi connectivity index (χ0n) is 21.5. The lowest BCUT2D eigenvalue weighted by atomic mass is 10.0. The summed E-state index contributed by atoms with van der Waals surface area (Å²) in [6, 6.07) is 41.1. The fraction of sp³-hybridized carbons (Fsp3) is 0.250. The first-order chi connectivity index (χ1) is 18.2. The van der Waals surface area contributed by atoms with Crippen molar-refractivity contribution in [2.75, 3.05) is 0 Å². The zero-order valence-corrected chi connectivity index (χ0v) is 23.6. The molecule has 3 nitrogen and oxygen atoms in total. The summed E-state index contributed by atoms with van der Waals surface area (Å²) < 4.78 is 19.8. The highest BCUT2D eigenvalue weighted by atomic mass is 31.1. The molecule has 1 heterocycles. The second kappa shape index (κ2) is 14.4. The van der Waals surface area contributed by atoms with E-state index in [4.69, 9.17) is 14.0 Å². The van der Waals surface area contributed by atoms with Gasteiger partial charge in [0.1, 0.15) is 11.9 Å². The molecule has 5 atom stereocenters. The Morgan fingerprint density at radius 3 is 1.49 bits per heavy atom. The molecule has 0 saturated carbocycles. The molecular formula is C32H36O3P2. The zero-order chi connectivity index (χ0) is 25.9. The first-order valence-corrected chi connectivity index (χ1v) is 14.8. The van der Waals surface area contributed by atoms with Crippen molar-refractivity contribution in [1.82, 2.24) is 0 Å². The number of hydrogen-bond donors (Lipinski definition) is 0. The van der Waals surface area contributed by atoms with Gasteiger partial charge in [0.2, 0.25) is 0 Å². The Labute approximate surface area is 225 Å². The van der Waals surface area contributed by atoms with E-state index < -0.39 is 8.15 Å². The molecule has 0 radical (unpaired) electrons. The van der Waals surface area contributed by atoms with Crippen LogP contribution in [0.25, 0.3) is 0 Å². The molecule has 5 heteroatoms. The Morgan fingerprint density at radius 2 is 1.05 bits per heavy atom. The summed E-state index contributed by atoms with van der Waals surface area (Å²) in [7, 11) is 1.65. The van der Waals surface area contributed by atoms with Gasteiger partial charge in [-0.05, 0) is 30.3 Å². The molecule has 1 saturated heterocycles. The Morgan fingerprint density at radius 1 is 0.622 bits per heavy atom. The van der Waals surface area contributed by atoms with Gasteiger partial charge in [-0.25, -0.2) is 0 Å². The molecule has 1 aliphatic heterocycles. The first-order valence-electron chi connectivity index (χ1n) is 12.9. The fourth-order valence-corrected chi connectivity index (χ4v) is 6.51. The molecule has 1 unspecified atom stereocenters. The largest absolute Gasteiger partial charge is 0.485 e. The molecule has 4 aromatic carbocycles. The van der Waals surface area contributed by atoms with E-state index in [1.807, 2.05) is 72.8 Å². The summed E-state index contributed by atoms with van der Waals surface area (Å²) in [6.07, 6.45) is 1.54. The van der Waals surface area contributed by atoms with Crippen LogP contribution in [0.5, 0.6) is 5.75 Å². The second-order valence-corrected chi connectivity index (χ2v) is 11.4. The van der Waals surface area contributed by atoms with Crippen molar-refractivity contribution in [2.24, 2.45) is 0 Å². The van der Waals surface area contributed by atoms with E-state index in [0.717, 1.165) is 18.6 Å². The number of para-hydroxylation sites is 1. The van der Waals surface area contributed by atoms with Gasteiger partial charge in [0.25, 0.3) is 0 Å². The van der Waals surface area contributed by atoms with E-state index >= 15 is 0 Å². The maximum Gasteiger partial charge on any atom is 0.154 e. The van der Waals surface area contributed by atoms with Crippen LogP contribution in [-0.4, -0.2) is 24.4 Å². The van der Waals surface area contributed by atoms with Crippen LogP contribution in [-0.2, 0) is 9.26 Å². The summed E-state index contributed by atoms with van der Waals surface area (Å²) >= 11 is 0. The normalized spacial score (nSPS) is 20.8. The van der Waals surface area contributed by atoms with Gasteiger partial charge in [-0.15, -0.1) is 9.24 Å². The lowest BCUT2D eigenvalue weighted by molar-refractivity contribution is 0.0103. The Bertz CT molecular complexity index is 1120. The Hall–Kier alpha value is -2.54. The van der Waals surface area contributed by atoms with Gasteiger partial charge in [-0.1, -0.05) is 123 Å². The molecule has 0 aliphatic carbocycles. The Balaban J connectivity index is 0.000000396. The van der Waals surface area contributed by atoms with Gasteiger partial charge in [0, 0.05) is 10.6 Å². The Kier molecular flexibility index (Phi) is 10.7. The van der Waals surface area contributed by atoms with Crippen LogP contribution in [0.2, 0.25) is 0 Å². The maximum atomic E-state index is 6.92. The predicted octanol–water partition coefficient (Wildman–Crippen LogP) is 6.64. The minimum Gasteiger partial charge on any atom is -0.485 e. The highest BCUT2D eigenvalue weighted by molar-refractivity contribution is 7.68. The molecule has 5 rings (SSSR count). The summed E-state index contributed by atoms with van der Waals surface area (Å²) in [5, 5.41) is 3.64. The van der Waals surface area contributed by atoms with Crippen molar-refractivity contribution in [3.05, 3.63) is 121 Å². The molecule has 1 fully saturated rings. The molecule has 0 N–H and O–H groups in total. The third-order valence-corrected chi connectivity index (χ3v) is 8.61. The van der Waals surface area contributed by atoms with Gasteiger partial charge < -0.3 is 14.0 Å². The van der Waals surface area contributed by atoms with E-state index in [1.165, 1.54) is 15.9 Å². The SMILES string of the molecule is CC[C@H]1O[C@H](CC)[C@@H](OP(c2ccccc2)c2ccccc2)[C@@H]1Oc1ccccc1.Pc1ccccc1. The third kappa shape index (κ3) is 7.73. The van der Waals surface area contributed by atoms with Gasteiger partial charge >= 0.3 is 0 Å². The molecule has 0 bridgehead atoms. The van der Waals surface area contributed by atoms with Crippen molar-refractivity contribution < 1.29 is 14.0 Å². The number of hydrogen-bond acceptors (Lipinski definition) is 3. The van der Waals surface area contributed by atoms with Crippen LogP contribution in [0.3, 0.4) is 0 Å². The van der Waals surface area contributed by atoms with E-state index in [9.17, 15) is 0 Å². The molecule has 0 spiro atoms. The molecule has 1 aliphatic rings. The van der Waals surface area contributed by atoms with Crippen LogP contribution in [0.1, 0.15) is 26.7 Å². The smallest absolute Gasteiger partial charge is 0.154 e. The van der Waals surface area contributed by atoms with E-state index in [-0.39, 0.29) is 24.4 Å². The highest BCUT2D eigenvalue weighted by Gasteiger charge is 2.47. The van der Waals surface area contributed by atoms with E-state index in [1.54, 1.807) is 0 Å². The van der Waals surface area contributed by atoms with E-state index in [0.29, 0.717) is 0 Å². The third-order valence-electron chi connectivity index (χ3n) is 6.23. The van der Waals surface area contributed by atoms with Gasteiger partial charge in [-0.2, -0.15) is 0 Å². The number of ether oxygens (including phenoxy) is 2. The minimum absolute atomic E-state index is 0.0149. The molecule has 0 aromatic heterocycles. The quantitative estimate of drug-likeness (QED) is 0.239. The number of benzene rings is 4. The summed E-state index contributed by atoms with van der Waals surface area (Å²) in [5.41, 5.74) is 0. The van der Waals surface area contributed by atoms with Crippen molar-refractivity contribution in [3.63, 3.8) is 0 Å². The average molecular weight is 531 g/mol. The van der Waals surface area contributed by atoms with Crippen molar-refractivity contribution in [2.45, 2.75) is 51.1 Å². The van der Waals surface area contributed by atoms with Crippen LogP contribution in [0.15, 0.2) is 121 Å². The summed E-state index contributed by atoms with van der Waals surface area (Å²) in [5.74, 6) is 0.860. The highest BCUT2D eigenvalue weighted by Crippen LogP contribution is 2.42.